The van der Waals surface area contributed by atoms with Gasteiger partial charge in [0, 0.05) is 56.6 Å². The molecule has 0 saturated carbocycles. The van der Waals surface area contributed by atoms with Crippen LogP contribution in [-0.4, -0.2) is 0 Å². The number of anilines is 2. The molecule has 2 aromatic carbocycles. The molecule has 3 nitrogen and oxygen atoms in total. The summed E-state index contributed by atoms with van der Waals surface area (Å²) in [4.78, 5) is 0. The SMILES string of the molecule is CC(C)(SOSC(C)(C)c1c(N)cccc1Cl)c1c(N)cccc1Cl. The normalized spacial score (nSPS) is 12.4. The molecule has 0 fully saturated rings. The van der Waals surface area contributed by atoms with Crippen molar-refractivity contribution in [3.05, 3.63) is 57.6 Å². The third-order valence-corrected chi connectivity index (χ3v) is 6.20. The molecule has 0 amide bonds. The first-order chi connectivity index (χ1) is 11.6. The highest BCUT2D eigenvalue weighted by atomic mass is 35.5. The Morgan fingerprint density at radius 2 is 1.12 bits per heavy atom. The Bertz CT molecular complexity index is 663. The summed E-state index contributed by atoms with van der Waals surface area (Å²) >= 11 is 15.3. The highest BCUT2D eigenvalue weighted by molar-refractivity contribution is 8.08. The summed E-state index contributed by atoms with van der Waals surface area (Å²) in [6, 6.07) is 11.0. The minimum atomic E-state index is -0.419. The van der Waals surface area contributed by atoms with Crippen LogP contribution in [0.3, 0.4) is 0 Å². The van der Waals surface area contributed by atoms with Gasteiger partial charge in [0.15, 0.2) is 0 Å². The molecule has 4 N–H and O–H groups in total. The zero-order valence-corrected chi connectivity index (χ0v) is 17.7. The van der Waals surface area contributed by atoms with Crippen molar-refractivity contribution in [1.29, 1.82) is 0 Å². The number of nitrogen functional groups attached to an aromatic ring is 2. The average Bonchev–Trinajstić information content (AvgIpc) is 2.45. The van der Waals surface area contributed by atoms with E-state index in [4.69, 9.17) is 38.3 Å². The average molecular weight is 417 g/mol. The monoisotopic (exact) mass is 416 g/mol. The van der Waals surface area contributed by atoms with E-state index in [1.54, 1.807) is 0 Å². The first-order valence-corrected chi connectivity index (χ1v) is 9.92. The van der Waals surface area contributed by atoms with Gasteiger partial charge in [0.1, 0.15) is 0 Å². The van der Waals surface area contributed by atoms with Crippen LogP contribution in [0.4, 0.5) is 11.4 Å². The topological polar surface area (TPSA) is 61.3 Å². The minimum Gasteiger partial charge on any atom is -0.398 e. The molecule has 0 aliphatic heterocycles. The second-order valence-corrected chi connectivity index (χ2v) is 10.4. The van der Waals surface area contributed by atoms with E-state index in [9.17, 15) is 0 Å². The third-order valence-electron chi connectivity index (χ3n) is 3.78. The molecular weight excluding hydrogens is 395 g/mol. The lowest BCUT2D eigenvalue weighted by Crippen LogP contribution is -2.18. The van der Waals surface area contributed by atoms with Crippen LogP contribution in [0.25, 0.3) is 0 Å². The zero-order valence-electron chi connectivity index (χ0n) is 14.6. The molecule has 0 bridgehead atoms. The fraction of sp³-hybridized carbons (Fsp3) is 0.333. The summed E-state index contributed by atoms with van der Waals surface area (Å²) < 4.78 is 5.06. The van der Waals surface area contributed by atoms with Crippen molar-refractivity contribution in [3.8, 4) is 0 Å². The Balaban J connectivity index is 2.14. The summed E-state index contributed by atoms with van der Waals surface area (Å²) in [5, 5.41) is 1.25. The van der Waals surface area contributed by atoms with Gasteiger partial charge < -0.3 is 11.5 Å². The Labute approximate surface area is 168 Å². The summed E-state index contributed by atoms with van der Waals surface area (Å²) in [7, 11) is 0. The van der Waals surface area contributed by atoms with Gasteiger partial charge in [0.25, 0.3) is 0 Å². The number of halogens is 2. The second-order valence-electron chi connectivity index (χ2n) is 6.66. The van der Waals surface area contributed by atoms with Crippen LogP contribution in [0.15, 0.2) is 36.4 Å². The largest absolute Gasteiger partial charge is 0.398 e. The molecule has 0 aromatic heterocycles. The van der Waals surface area contributed by atoms with E-state index in [1.165, 1.54) is 24.1 Å². The number of hydrogen-bond donors (Lipinski definition) is 2. The highest BCUT2D eigenvalue weighted by Crippen LogP contribution is 2.49. The van der Waals surface area contributed by atoms with E-state index in [2.05, 4.69) is 0 Å². The van der Waals surface area contributed by atoms with E-state index in [-0.39, 0.29) is 0 Å². The molecule has 25 heavy (non-hydrogen) atoms. The lowest BCUT2D eigenvalue weighted by molar-refractivity contribution is 0.648. The van der Waals surface area contributed by atoms with Crippen LogP contribution in [-0.2, 0) is 13.1 Å². The third kappa shape index (κ3) is 4.72. The van der Waals surface area contributed by atoms with Gasteiger partial charge in [0.05, 0.1) is 9.49 Å². The van der Waals surface area contributed by atoms with Gasteiger partial charge in [-0.2, -0.15) is 0 Å². The van der Waals surface area contributed by atoms with Crippen LogP contribution in [0, 0.1) is 0 Å². The maximum absolute atomic E-state index is 6.33. The van der Waals surface area contributed by atoms with Gasteiger partial charge in [-0.1, -0.05) is 35.3 Å². The van der Waals surface area contributed by atoms with E-state index >= 15 is 0 Å². The Morgan fingerprint density at radius 3 is 1.44 bits per heavy atom. The van der Waals surface area contributed by atoms with Gasteiger partial charge in [-0.05, 0) is 52.0 Å². The smallest absolute Gasteiger partial charge is 0.0662 e. The van der Waals surface area contributed by atoms with Crippen molar-refractivity contribution in [3.63, 3.8) is 0 Å². The van der Waals surface area contributed by atoms with Crippen molar-refractivity contribution in [1.82, 2.24) is 0 Å². The maximum Gasteiger partial charge on any atom is 0.0662 e. The molecule has 0 unspecified atom stereocenters. The molecule has 2 aromatic rings. The Kier molecular flexibility index (Phi) is 6.50. The van der Waals surface area contributed by atoms with Gasteiger partial charge in [-0.3, -0.25) is 0 Å². The van der Waals surface area contributed by atoms with Crippen LogP contribution in [0.2, 0.25) is 10.0 Å². The number of nitrogens with two attached hydrogens (primary N) is 2. The first-order valence-electron chi connectivity index (χ1n) is 7.68. The van der Waals surface area contributed by atoms with Crippen molar-refractivity contribution < 1.29 is 3.63 Å². The second kappa shape index (κ2) is 7.89. The molecule has 0 aliphatic carbocycles. The van der Waals surface area contributed by atoms with Crippen molar-refractivity contribution >= 4 is 58.7 Å². The van der Waals surface area contributed by atoms with E-state index in [0.717, 1.165) is 11.1 Å². The van der Waals surface area contributed by atoms with Gasteiger partial charge in [-0.25, -0.2) is 3.63 Å². The minimum absolute atomic E-state index is 0.419. The Hall–Kier alpha value is -0.720. The lowest BCUT2D eigenvalue weighted by Gasteiger charge is -2.29. The maximum atomic E-state index is 6.33. The molecule has 0 radical (unpaired) electrons. The summed E-state index contributed by atoms with van der Waals surface area (Å²) in [6.07, 6.45) is 0. The summed E-state index contributed by atoms with van der Waals surface area (Å²) in [6.45, 7) is 8.08. The molecule has 0 spiro atoms. The van der Waals surface area contributed by atoms with Crippen molar-refractivity contribution in [2.24, 2.45) is 0 Å². The number of hydrogen-bond acceptors (Lipinski definition) is 5. The van der Waals surface area contributed by atoms with Crippen LogP contribution in [0.1, 0.15) is 38.8 Å². The number of benzene rings is 2. The van der Waals surface area contributed by atoms with Crippen LogP contribution in [0.5, 0.6) is 0 Å². The van der Waals surface area contributed by atoms with E-state index in [0.29, 0.717) is 21.4 Å². The predicted octanol–water partition coefficient (Wildman–Crippen LogP) is 6.64. The molecule has 7 heteroatoms. The zero-order chi connectivity index (χ0) is 18.8. The highest BCUT2D eigenvalue weighted by Gasteiger charge is 2.32. The van der Waals surface area contributed by atoms with Crippen LogP contribution >= 0.6 is 47.3 Å². The fourth-order valence-electron chi connectivity index (χ4n) is 2.62. The molecule has 0 saturated heterocycles. The van der Waals surface area contributed by atoms with Crippen LogP contribution < -0.4 is 11.5 Å². The number of rotatable bonds is 6. The first kappa shape index (κ1) is 20.6. The summed E-state index contributed by atoms with van der Waals surface area (Å²) in [5.74, 6) is 0. The van der Waals surface area contributed by atoms with E-state index in [1.807, 2.05) is 64.1 Å². The van der Waals surface area contributed by atoms with Gasteiger partial charge in [-0.15, -0.1) is 0 Å². The molecule has 0 heterocycles. The molecular formula is C18H22Cl2N2OS2. The predicted molar refractivity (Wildman–Crippen MR) is 114 cm³/mol. The summed E-state index contributed by atoms with van der Waals surface area (Å²) in [5.41, 5.74) is 15.2. The quantitative estimate of drug-likeness (QED) is 0.407. The van der Waals surface area contributed by atoms with Crippen molar-refractivity contribution in [2.75, 3.05) is 11.5 Å². The lowest BCUT2D eigenvalue weighted by atomic mass is 10.0. The molecule has 2 rings (SSSR count). The van der Waals surface area contributed by atoms with E-state index < -0.39 is 9.49 Å². The molecule has 0 atom stereocenters. The fourth-order valence-corrected chi connectivity index (χ4v) is 5.69. The molecule has 0 aliphatic rings. The van der Waals surface area contributed by atoms with Crippen molar-refractivity contribution in [2.45, 2.75) is 37.2 Å². The Morgan fingerprint density at radius 1 is 0.760 bits per heavy atom. The standard InChI is InChI=1S/C18H22Cl2N2OS2/c1-17(2,15-11(19)7-5-9-13(15)21)24-23-25-18(3,4)16-12(20)8-6-10-14(16)22/h5-10H,21-22H2,1-4H3. The van der Waals surface area contributed by atoms with Gasteiger partial charge in [0.2, 0.25) is 0 Å². The van der Waals surface area contributed by atoms with Gasteiger partial charge >= 0.3 is 0 Å². The molecule has 136 valence electrons.